The molecule has 0 unspecified atom stereocenters. The lowest BCUT2D eigenvalue weighted by Crippen LogP contribution is -2.12. The minimum atomic E-state index is -4.30. The Morgan fingerprint density at radius 3 is 2.00 bits per heavy atom. The molecule has 1 aromatic rings. The molecule has 0 aromatic heterocycles. The fourth-order valence-corrected chi connectivity index (χ4v) is 1.36. The van der Waals surface area contributed by atoms with Gasteiger partial charge in [-0.2, -0.15) is 18.4 Å². The van der Waals surface area contributed by atoms with Gasteiger partial charge in [0.2, 0.25) is 0 Å². The van der Waals surface area contributed by atoms with Gasteiger partial charge >= 0.3 is 6.18 Å². The van der Waals surface area contributed by atoms with Gasteiger partial charge in [0.05, 0.1) is 17.0 Å². The molecule has 0 N–H and O–H groups in total. The smallest absolute Gasteiger partial charge is 0.198 e. The normalized spacial score (nSPS) is 12.2. The predicted octanol–water partition coefficient (Wildman–Crippen LogP) is 3.80. The van der Waals surface area contributed by atoms with Crippen molar-refractivity contribution in [3.8, 4) is 6.07 Å². The highest BCUT2D eigenvalue weighted by Gasteiger charge is 2.30. The maximum absolute atomic E-state index is 12.3. The van der Waals surface area contributed by atoms with Gasteiger partial charge in [-0.3, -0.25) is 0 Å². The van der Waals surface area contributed by atoms with Crippen LogP contribution in [-0.2, 0) is 12.6 Å². The Bertz CT molecular complexity index is 396. The van der Waals surface area contributed by atoms with Crippen molar-refractivity contribution >= 4 is 0 Å². The fourth-order valence-electron chi connectivity index (χ4n) is 1.36. The molecular weight excluding hydrogens is 215 g/mol. The van der Waals surface area contributed by atoms with Crippen LogP contribution in [0.2, 0.25) is 0 Å². The highest BCUT2D eigenvalue weighted by molar-refractivity contribution is 5.26. The van der Waals surface area contributed by atoms with E-state index in [1.165, 1.54) is 12.1 Å². The molecule has 0 aliphatic heterocycles. The number of nitrogens with zero attached hydrogens (tertiary/aromatic N) is 1. The van der Waals surface area contributed by atoms with Gasteiger partial charge in [0.15, 0.2) is 0 Å². The molecule has 0 radical (unpaired) electrons. The Labute approximate surface area is 92.5 Å². The second kappa shape index (κ2) is 4.17. The summed E-state index contributed by atoms with van der Waals surface area (Å²) in [7, 11) is 0. The summed E-state index contributed by atoms with van der Waals surface area (Å²) in [5, 5.41) is 8.81. The van der Waals surface area contributed by atoms with E-state index >= 15 is 0 Å². The Morgan fingerprint density at radius 1 is 1.12 bits per heavy atom. The Kier molecular flexibility index (Phi) is 3.27. The van der Waals surface area contributed by atoms with Crippen molar-refractivity contribution in [2.45, 2.75) is 26.4 Å². The van der Waals surface area contributed by atoms with Crippen LogP contribution in [0.5, 0.6) is 0 Å². The van der Waals surface area contributed by atoms with E-state index in [1.54, 1.807) is 13.8 Å². The van der Waals surface area contributed by atoms with Gasteiger partial charge in [0.25, 0.3) is 0 Å². The van der Waals surface area contributed by atoms with Crippen LogP contribution in [0, 0.1) is 16.7 Å². The zero-order valence-corrected chi connectivity index (χ0v) is 9.10. The number of hydrogen-bond donors (Lipinski definition) is 0. The minimum Gasteiger partial charge on any atom is -0.198 e. The number of benzene rings is 1. The van der Waals surface area contributed by atoms with Gasteiger partial charge < -0.3 is 0 Å². The summed E-state index contributed by atoms with van der Waals surface area (Å²) in [4.78, 5) is 0. The Morgan fingerprint density at radius 2 is 1.62 bits per heavy atom. The molecule has 0 heterocycles. The molecule has 16 heavy (non-hydrogen) atoms. The predicted molar refractivity (Wildman–Crippen MR) is 54.5 cm³/mol. The third-order valence-corrected chi connectivity index (χ3v) is 2.23. The maximum atomic E-state index is 12.3. The maximum Gasteiger partial charge on any atom is 0.416 e. The zero-order chi connectivity index (χ0) is 12.4. The Balaban J connectivity index is 2.85. The second-order valence-corrected chi connectivity index (χ2v) is 4.37. The van der Waals surface area contributed by atoms with E-state index in [1.807, 2.05) is 0 Å². The van der Waals surface area contributed by atoms with Gasteiger partial charge in [-0.1, -0.05) is 12.1 Å². The summed E-state index contributed by atoms with van der Waals surface area (Å²) >= 11 is 0. The fraction of sp³-hybridized carbons (Fsp3) is 0.417. The van der Waals surface area contributed by atoms with E-state index in [0.717, 1.165) is 17.7 Å². The van der Waals surface area contributed by atoms with Crippen molar-refractivity contribution in [1.82, 2.24) is 0 Å². The van der Waals surface area contributed by atoms with E-state index < -0.39 is 17.2 Å². The average molecular weight is 227 g/mol. The first-order valence-electron chi connectivity index (χ1n) is 4.82. The zero-order valence-electron chi connectivity index (χ0n) is 9.10. The minimum absolute atomic E-state index is 0.446. The van der Waals surface area contributed by atoms with Crippen molar-refractivity contribution in [1.29, 1.82) is 5.26 Å². The lowest BCUT2D eigenvalue weighted by atomic mass is 9.87. The number of alkyl halides is 3. The summed E-state index contributed by atoms with van der Waals surface area (Å²) < 4.78 is 36.8. The van der Waals surface area contributed by atoms with Crippen LogP contribution in [0.15, 0.2) is 24.3 Å². The first-order chi connectivity index (χ1) is 7.24. The molecule has 0 amide bonds. The molecule has 0 aliphatic carbocycles. The summed E-state index contributed by atoms with van der Waals surface area (Å²) in [5.41, 5.74) is -0.481. The van der Waals surface area contributed by atoms with Crippen LogP contribution in [0.3, 0.4) is 0 Å². The molecule has 0 atom stereocenters. The molecule has 0 aliphatic rings. The van der Waals surface area contributed by atoms with Crippen molar-refractivity contribution in [2.75, 3.05) is 0 Å². The van der Waals surface area contributed by atoms with Gasteiger partial charge in [0, 0.05) is 0 Å². The Hall–Kier alpha value is -1.50. The lowest BCUT2D eigenvalue weighted by Gasteiger charge is -2.15. The SMILES string of the molecule is CC(C)(C#N)Cc1ccc(C(F)(F)F)cc1. The molecule has 1 rings (SSSR count). The van der Waals surface area contributed by atoms with E-state index in [-0.39, 0.29) is 0 Å². The van der Waals surface area contributed by atoms with Crippen LogP contribution >= 0.6 is 0 Å². The standard InChI is InChI=1S/C12H12F3N/c1-11(2,8-16)7-9-3-5-10(6-4-9)12(13,14)15/h3-6H,7H2,1-2H3. The van der Waals surface area contributed by atoms with Gasteiger partial charge in [-0.25, -0.2) is 0 Å². The highest BCUT2D eigenvalue weighted by Crippen LogP contribution is 2.30. The number of halogens is 3. The van der Waals surface area contributed by atoms with E-state index in [0.29, 0.717) is 6.42 Å². The van der Waals surface area contributed by atoms with Crippen molar-refractivity contribution in [3.05, 3.63) is 35.4 Å². The van der Waals surface area contributed by atoms with Crippen LogP contribution in [-0.4, -0.2) is 0 Å². The van der Waals surface area contributed by atoms with E-state index in [9.17, 15) is 13.2 Å². The first-order valence-corrected chi connectivity index (χ1v) is 4.82. The number of nitriles is 1. The summed E-state index contributed by atoms with van der Waals surface area (Å²) in [6.45, 7) is 3.51. The topological polar surface area (TPSA) is 23.8 Å². The summed E-state index contributed by atoms with van der Waals surface area (Å²) in [5.74, 6) is 0. The van der Waals surface area contributed by atoms with Gasteiger partial charge in [-0.15, -0.1) is 0 Å². The molecule has 0 spiro atoms. The van der Waals surface area contributed by atoms with Crippen molar-refractivity contribution in [3.63, 3.8) is 0 Å². The van der Waals surface area contributed by atoms with Crippen LogP contribution < -0.4 is 0 Å². The first kappa shape index (κ1) is 12.6. The van der Waals surface area contributed by atoms with Crippen LogP contribution in [0.1, 0.15) is 25.0 Å². The van der Waals surface area contributed by atoms with Gasteiger partial charge in [0.1, 0.15) is 0 Å². The van der Waals surface area contributed by atoms with Crippen molar-refractivity contribution in [2.24, 2.45) is 5.41 Å². The molecule has 4 heteroatoms. The number of hydrogen-bond acceptors (Lipinski definition) is 1. The molecule has 0 saturated carbocycles. The summed E-state index contributed by atoms with van der Waals surface area (Å²) in [6.07, 6.45) is -3.86. The molecule has 86 valence electrons. The van der Waals surface area contributed by atoms with Gasteiger partial charge in [-0.05, 0) is 38.0 Å². The number of rotatable bonds is 2. The molecule has 0 bridgehead atoms. The molecule has 1 nitrogen and oxygen atoms in total. The van der Waals surface area contributed by atoms with Crippen LogP contribution in [0.25, 0.3) is 0 Å². The molecule has 0 fully saturated rings. The quantitative estimate of drug-likeness (QED) is 0.753. The highest BCUT2D eigenvalue weighted by atomic mass is 19.4. The molecule has 1 aromatic carbocycles. The monoisotopic (exact) mass is 227 g/mol. The van der Waals surface area contributed by atoms with Crippen molar-refractivity contribution < 1.29 is 13.2 Å². The third kappa shape index (κ3) is 3.27. The largest absolute Gasteiger partial charge is 0.416 e. The van der Waals surface area contributed by atoms with E-state index in [4.69, 9.17) is 5.26 Å². The molecular formula is C12H12F3N. The second-order valence-electron chi connectivity index (χ2n) is 4.37. The van der Waals surface area contributed by atoms with Crippen LogP contribution in [0.4, 0.5) is 13.2 Å². The average Bonchev–Trinajstić information content (AvgIpc) is 2.16. The van der Waals surface area contributed by atoms with E-state index in [2.05, 4.69) is 6.07 Å². The summed E-state index contributed by atoms with van der Waals surface area (Å²) in [6, 6.07) is 7.04. The lowest BCUT2D eigenvalue weighted by molar-refractivity contribution is -0.137. The third-order valence-electron chi connectivity index (χ3n) is 2.23. The molecule has 0 saturated heterocycles.